The number of anilines is 3. The molecule has 1 N–H and O–H groups in total. The lowest BCUT2D eigenvalue weighted by atomic mass is 10.2. The first kappa shape index (κ1) is 20.1. The van der Waals surface area contributed by atoms with Crippen molar-refractivity contribution in [3.8, 4) is 0 Å². The molecule has 2 aromatic heterocycles. The zero-order chi connectivity index (χ0) is 21.1. The van der Waals surface area contributed by atoms with Gasteiger partial charge in [-0.15, -0.1) is 0 Å². The summed E-state index contributed by atoms with van der Waals surface area (Å²) in [6, 6.07) is 10.3. The number of rotatable bonds is 6. The predicted molar refractivity (Wildman–Crippen MR) is 116 cm³/mol. The Labute approximate surface area is 176 Å². The number of imidazole rings is 1. The van der Waals surface area contributed by atoms with Crippen LogP contribution in [0, 0.1) is 6.92 Å². The maximum atomic E-state index is 12.6. The third-order valence-electron chi connectivity index (χ3n) is 5.14. The summed E-state index contributed by atoms with van der Waals surface area (Å²) in [6.45, 7) is 7.72. The number of aromatic nitrogens is 4. The van der Waals surface area contributed by atoms with Crippen LogP contribution in [-0.2, 0) is 16.6 Å². The van der Waals surface area contributed by atoms with Crippen LogP contribution in [0.5, 0.6) is 0 Å². The summed E-state index contributed by atoms with van der Waals surface area (Å²) in [5, 5.41) is -0.0111. The van der Waals surface area contributed by atoms with Crippen LogP contribution in [0.2, 0.25) is 0 Å². The Hall–Kier alpha value is -3.14. The summed E-state index contributed by atoms with van der Waals surface area (Å²) in [5.41, 5.74) is 1.52. The lowest BCUT2D eigenvalue weighted by Gasteiger charge is -2.36. The Bertz CT molecular complexity index is 1090. The maximum absolute atomic E-state index is 12.6. The number of hydrogen-bond acceptors (Lipinski definition) is 7. The van der Waals surface area contributed by atoms with Crippen molar-refractivity contribution in [1.82, 2.24) is 19.5 Å². The number of hydrogen-bond donors (Lipinski definition) is 1. The molecule has 0 amide bonds. The van der Waals surface area contributed by atoms with Crippen molar-refractivity contribution >= 4 is 27.3 Å². The number of nitrogens with one attached hydrogen (secondary N) is 1. The van der Waals surface area contributed by atoms with Crippen molar-refractivity contribution in [1.29, 1.82) is 0 Å². The normalized spacial score (nSPS) is 14.7. The molecule has 0 aliphatic carbocycles. The molecule has 3 aromatic rings. The molecule has 30 heavy (non-hydrogen) atoms. The summed E-state index contributed by atoms with van der Waals surface area (Å²) in [7, 11) is -3.78. The van der Waals surface area contributed by atoms with Crippen LogP contribution in [0.4, 0.5) is 17.3 Å². The molecule has 1 aromatic carbocycles. The molecule has 1 fully saturated rings. The van der Waals surface area contributed by atoms with Crippen LogP contribution in [-0.4, -0.2) is 54.1 Å². The highest BCUT2D eigenvalue weighted by molar-refractivity contribution is 7.92. The van der Waals surface area contributed by atoms with E-state index in [0.717, 1.165) is 26.2 Å². The quantitative estimate of drug-likeness (QED) is 0.644. The smallest absolute Gasteiger partial charge is 0.281 e. The van der Waals surface area contributed by atoms with Crippen molar-refractivity contribution in [2.75, 3.05) is 40.7 Å². The first-order valence-electron chi connectivity index (χ1n) is 9.90. The van der Waals surface area contributed by atoms with Crippen LogP contribution in [0.3, 0.4) is 0 Å². The largest absolute Gasteiger partial charge is 0.368 e. The molecule has 0 spiro atoms. The molecule has 0 atom stereocenters. The molecule has 0 unspecified atom stereocenters. The predicted octanol–water partition coefficient (Wildman–Crippen LogP) is 2.13. The van der Waals surface area contributed by atoms with Gasteiger partial charge in [0, 0.05) is 44.6 Å². The van der Waals surface area contributed by atoms with Gasteiger partial charge in [0.2, 0.25) is 5.95 Å². The van der Waals surface area contributed by atoms with Gasteiger partial charge in [0.25, 0.3) is 10.0 Å². The lowest BCUT2D eigenvalue weighted by molar-refractivity contribution is 0.597. The van der Waals surface area contributed by atoms with Crippen LogP contribution in [0.1, 0.15) is 12.7 Å². The summed E-state index contributed by atoms with van der Waals surface area (Å²) < 4.78 is 29.4. The topological polar surface area (TPSA) is 96.2 Å². The van der Waals surface area contributed by atoms with Gasteiger partial charge >= 0.3 is 0 Å². The van der Waals surface area contributed by atoms with E-state index < -0.39 is 10.0 Å². The van der Waals surface area contributed by atoms with E-state index in [4.69, 9.17) is 0 Å². The minimum absolute atomic E-state index is 0.0111. The Morgan fingerprint density at radius 1 is 1.00 bits per heavy atom. The first-order chi connectivity index (χ1) is 14.5. The first-order valence-corrected chi connectivity index (χ1v) is 11.4. The van der Waals surface area contributed by atoms with E-state index >= 15 is 0 Å². The molecule has 1 saturated heterocycles. The van der Waals surface area contributed by atoms with E-state index in [1.807, 2.05) is 25.1 Å². The minimum atomic E-state index is -3.78. The summed E-state index contributed by atoms with van der Waals surface area (Å²) in [4.78, 5) is 17.3. The fraction of sp³-hybridized carbons (Fsp3) is 0.350. The van der Waals surface area contributed by atoms with E-state index in [-0.39, 0.29) is 5.03 Å². The van der Waals surface area contributed by atoms with Crippen molar-refractivity contribution in [3.05, 3.63) is 54.7 Å². The van der Waals surface area contributed by atoms with Gasteiger partial charge in [-0.2, -0.15) is 8.42 Å². The Morgan fingerprint density at radius 2 is 1.63 bits per heavy atom. The van der Waals surface area contributed by atoms with Gasteiger partial charge in [0.05, 0.1) is 18.1 Å². The number of aryl methyl sites for hydroxylation is 2. The fourth-order valence-electron chi connectivity index (χ4n) is 3.48. The van der Waals surface area contributed by atoms with Gasteiger partial charge in [-0.1, -0.05) is 18.2 Å². The zero-order valence-corrected chi connectivity index (χ0v) is 17.9. The molecular weight excluding hydrogens is 402 g/mol. The number of para-hydroxylation sites is 1. The molecule has 4 rings (SSSR count). The van der Waals surface area contributed by atoms with Crippen molar-refractivity contribution in [2.24, 2.45) is 0 Å². The highest BCUT2D eigenvalue weighted by Crippen LogP contribution is 2.19. The molecule has 1 aliphatic heterocycles. The molecule has 0 saturated carbocycles. The summed E-state index contributed by atoms with van der Waals surface area (Å²) in [6.07, 6.45) is 4.51. The second kappa shape index (κ2) is 8.31. The molecule has 0 radical (unpaired) electrons. The SMILES string of the molecule is CCn1cc(S(=O)(=O)Nc2cnc(N3CCN(c4ccccc4)CC3)nc2)nc1C. The van der Waals surface area contributed by atoms with Gasteiger partial charge in [0.1, 0.15) is 5.82 Å². The van der Waals surface area contributed by atoms with E-state index in [1.54, 1.807) is 11.5 Å². The molecule has 3 heterocycles. The molecule has 158 valence electrons. The number of nitrogens with zero attached hydrogens (tertiary/aromatic N) is 6. The van der Waals surface area contributed by atoms with Crippen molar-refractivity contribution in [2.45, 2.75) is 25.4 Å². The van der Waals surface area contributed by atoms with Crippen LogP contribution in [0.25, 0.3) is 0 Å². The van der Waals surface area contributed by atoms with Gasteiger partial charge in [-0.25, -0.2) is 15.0 Å². The Morgan fingerprint density at radius 3 is 2.23 bits per heavy atom. The third kappa shape index (κ3) is 4.23. The molecule has 1 aliphatic rings. The van der Waals surface area contributed by atoms with Gasteiger partial charge in [-0.3, -0.25) is 4.72 Å². The number of sulfonamides is 1. The second-order valence-corrected chi connectivity index (χ2v) is 8.73. The van der Waals surface area contributed by atoms with Crippen LogP contribution in [0.15, 0.2) is 53.9 Å². The Balaban J connectivity index is 1.39. The third-order valence-corrected chi connectivity index (χ3v) is 6.40. The monoisotopic (exact) mass is 427 g/mol. The molecular formula is C20H25N7O2S. The van der Waals surface area contributed by atoms with E-state index in [1.165, 1.54) is 24.3 Å². The van der Waals surface area contributed by atoms with Crippen molar-refractivity contribution < 1.29 is 8.42 Å². The van der Waals surface area contributed by atoms with E-state index in [0.29, 0.717) is 24.0 Å². The van der Waals surface area contributed by atoms with Crippen LogP contribution >= 0.6 is 0 Å². The van der Waals surface area contributed by atoms with Gasteiger partial charge < -0.3 is 14.4 Å². The van der Waals surface area contributed by atoms with E-state index in [2.05, 4.69) is 41.6 Å². The average Bonchev–Trinajstić information content (AvgIpc) is 3.16. The van der Waals surface area contributed by atoms with Crippen molar-refractivity contribution in [3.63, 3.8) is 0 Å². The number of piperazine rings is 1. The fourth-order valence-corrected chi connectivity index (χ4v) is 4.52. The standard InChI is InChI=1S/C20H25N7O2S/c1-3-25-15-19(23-16(25)2)30(28,29)24-17-13-21-20(22-14-17)27-11-9-26(10-12-27)18-7-5-4-6-8-18/h4-8,13-15,24H,3,9-12H2,1-2H3. The van der Waals surface area contributed by atoms with E-state index in [9.17, 15) is 8.42 Å². The highest BCUT2D eigenvalue weighted by Gasteiger charge is 2.21. The average molecular weight is 428 g/mol. The lowest BCUT2D eigenvalue weighted by Crippen LogP contribution is -2.47. The molecule has 9 nitrogen and oxygen atoms in total. The zero-order valence-electron chi connectivity index (χ0n) is 17.1. The van der Waals surface area contributed by atoms with Crippen LogP contribution < -0.4 is 14.5 Å². The highest BCUT2D eigenvalue weighted by atomic mass is 32.2. The second-order valence-electron chi connectivity index (χ2n) is 7.10. The Kier molecular flexibility index (Phi) is 5.58. The van der Waals surface area contributed by atoms with Gasteiger partial charge in [-0.05, 0) is 26.0 Å². The number of benzene rings is 1. The summed E-state index contributed by atoms with van der Waals surface area (Å²) in [5.74, 6) is 1.25. The maximum Gasteiger partial charge on any atom is 0.281 e. The molecule has 10 heteroatoms. The summed E-state index contributed by atoms with van der Waals surface area (Å²) >= 11 is 0. The van der Waals surface area contributed by atoms with Gasteiger partial charge in [0.15, 0.2) is 5.03 Å². The molecule has 0 bridgehead atoms. The minimum Gasteiger partial charge on any atom is -0.368 e.